The quantitative estimate of drug-likeness (QED) is 0.368. The first-order chi connectivity index (χ1) is 18.0. The van der Waals surface area contributed by atoms with Gasteiger partial charge >= 0.3 is 0 Å². The van der Waals surface area contributed by atoms with E-state index in [1.807, 2.05) is 17.0 Å². The van der Waals surface area contributed by atoms with Gasteiger partial charge in [-0.05, 0) is 42.3 Å². The lowest BCUT2D eigenvalue weighted by molar-refractivity contribution is -0.123. The fraction of sp³-hybridized carbons (Fsp3) is 0.231. The second-order valence-electron chi connectivity index (χ2n) is 9.03. The third-order valence-corrected chi connectivity index (χ3v) is 7.50. The van der Waals surface area contributed by atoms with Gasteiger partial charge in [0, 0.05) is 47.8 Å². The van der Waals surface area contributed by atoms with Gasteiger partial charge in [0.05, 0.1) is 11.1 Å². The molecule has 0 bridgehead atoms. The molecule has 1 atom stereocenters. The largest absolute Gasteiger partial charge is 0.353 e. The summed E-state index contributed by atoms with van der Waals surface area (Å²) in [5, 5.41) is 13.5. The molecule has 5 aromatic rings. The van der Waals surface area contributed by atoms with E-state index in [1.165, 1.54) is 29.1 Å². The van der Waals surface area contributed by atoms with E-state index in [4.69, 9.17) is 0 Å². The Morgan fingerprint density at radius 1 is 1.16 bits per heavy atom. The van der Waals surface area contributed by atoms with Gasteiger partial charge in [0.2, 0.25) is 5.91 Å². The highest BCUT2D eigenvalue weighted by atomic mass is 32.1. The molecular weight excluding hydrogens is 496 g/mol. The van der Waals surface area contributed by atoms with Gasteiger partial charge in [-0.15, -0.1) is 16.4 Å². The van der Waals surface area contributed by atoms with Crippen LogP contribution in [0.3, 0.4) is 0 Å². The standard InChI is InChI=1S/C26H23F2N7OS/c1-15-2-4-17(9-20(15)27)35-11-19-24(33-35)31-14-32-25(19)34-7-6-29-22(12-34)26(36)30-10-16-3-5-23-18(8-16)21(28)13-37-23/h2-5,8-9,11,13-14,22,29H,6-7,10,12H2,1H3,(H,30,36)/t22-/m0/s1. The number of nitrogens with zero attached hydrogens (tertiary/aromatic N) is 5. The van der Waals surface area contributed by atoms with Crippen molar-refractivity contribution in [3.63, 3.8) is 0 Å². The van der Waals surface area contributed by atoms with Crippen molar-refractivity contribution in [2.45, 2.75) is 19.5 Å². The van der Waals surface area contributed by atoms with Crippen molar-refractivity contribution >= 4 is 44.2 Å². The molecule has 188 valence electrons. The minimum absolute atomic E-state index is 0.147. The van der Waals surface area contributed by atoms with Crippen LogP contribution in [0.4, 0.5) is 14.6 Å². The van der Waals surface area contributed by atoms with E-state index < -0.39 is 6.04 Å². The molecule has 6 rings (SSSR count). The summed E-state index contributed by atoms with van der Waals surface area (Å²) in [7, 11) is 0. The summed E-state index contributed by atoms with van der Waals surface area (Å²) in [6, 6.07) is 10.0. The number of nitrogens with one attached hydrogen (secondary N) is 2. The van der Waals surface area contributed by atoms with Crippen molar-refractivity contribution < 1.29 is 13.6 Å². The van der Waals surface area contributed by atoms with Crippen LogP contribution in [0.15, 0.2) is 54.3 Å². The van der Waals surface area contributed by atoms with Gasteiger partial charge in [-0.3, -0.25) is 4.79 Å². The molecule has 4 heterocycles. The number of aromatic nitrogens is 4. The minimum atomic E-state index is -0.457. The van der Waals surface area contributed by atoms with Crippen LogP contribution in [0.25, 0.3) is 26.8 Å². The molecule has 37 heavy (non-hydrogen) atoms. The first-order valence-corrected chi connectivity index (χ1v) is 12.7. The molecule has 0 unspecified atom stereocenters. The molecule has 1 aliphatic rings. The summed E-state index contributed by atoms with van der Waals surface area (Å²) in [5.74, 6) is -0.0299. The van der Waals surface area contributed by atoms with Gasteiger partial charge < -0.3 is 15.5 Å². The first kappa shape index (κ1) is 23.4. The Balaban J connectivity index is 1.18. The second-order valence-corrected chi connectivity index (χ2v) is 9.94. The van der Waals surface area contributed by atoms with Crippen molar-refractivity contribution in [2.75, 3.05) is 24.5 Å². The summed E-state index contributed by atoms with van der Waals surface area (Å²) < 4.78 is 30.5. The number of thiophene rings is 1. The van der Waals surface area contributed by atoms with Crippen molar-refractivity contribution in [3.05, 3.63) is 77.1 Å². The zero-order chi connectivity index (χ0) is 25.5. The Morgan fingerprint density at radius 3 is 2.92 bits per heavy atom. The van der Waals surface area contributed by atoms with Crippen molar-refractivity contribution in [1.29, 1.82) is 0 Å². The lowest BCUT2D eigenvalue weighted by Crippen LogP contribution is -2.57. The predicted octanol–water partition coefficient (Wildman–Crippen LogP) is 3.71. The highest BCUT2D eigenvalue weighted by molar-refractivity contribution is 7.17. The number of piperazine rings is 1. The summed E-state index contributed by atoms with van der Waals surface area (Å²) in [4.78, 5) is 23.8. The molecule has 0 aliphatic carbocycles. The number of hydrogen-bond acceptors (Lipinski definition) is 7. The molecule has 1 fully saturated rings. The molecule has 1 saturated heterocycles. The molecule has 0 saturated carbocycles. The summed E-state index contributed by atoms with van der Waals surface area (Å²) in [6.45, 7) is 3.66. The summed E-state index contributed by atoms with van der Waals surface area (Å²) in [6.07, 6.45) is 3.23. The van der Waals surface area contributed by atoms with Gasteiger partial charge in [-0.2, -0.15) is 0 Å². The molecule has 0 radical (unpaired) electrons. The maximum Gasteiger partial charge on any atom is 0.239 e. The third-order valence-electron chi connectivity index (χ3n) is 6.56. The van der Waals surface area contributed by atoms with Gasteiger partial charge in [-0.25, -0.2) is 23.4 Å². The van der Waals surface area contributed by atoms with Crippen LogP contribution in [0.1, 0.15) is 11.1 Å². The number of rotatable bonds is 5. The number of carbonyl (C=O) groups excluding carboxylic acids is 1. The molecule has 8 nitrogen and oxygen atoms in total. The van der Waals surface area contributed by atoms with E-state index in [9.17, 15) is 13.6 Å². The number of benzene rings is 2. The topological polar surface area (TPSA) is 88.0 Å². The fourth-order valence-corrected chi connectivity index (χ4v) is 5.31. The van der Waals surface area contributed by atoms with Crippen LogP contribution in [-0.2, 0) is 11.3 Å². The molecule has 2 N–H and O–H groups in total. The van der Waals surface area contributed by atoms with Crippen LogP contribution < -0.4 is 15.5 Å². The predicted molar refractivity (Wildman–Crippen MR) is 139 cm³/mol. The van der Waals surface area contributed by atoms with Crippen molar-refractivity contribution in [2.24, 2.45) is 0 Å². The average molecular weight is 520 g/mol. The number of halogens is 2. The molecule has 2 aromatic carbocycles. The van der Waals surface area contributed by atoms with Crippen molar-refractivity contribution in [3.8, 4) is 5.69 Å². The van der Waals surface area contributed by atoms with Gasteiger partial charge in [0.15, 0.2) is 5.65 Å². The Kier molecular flexibility index (Phi) is 6.01. The smallest absolute Gasteiger partial charge is 0.239 e. The molecule has 11 heteroatoms. The molecule has 1 aliphatic heterocycles. The molecule has 0 spiro atoms. The number of amides is 1. The number of fused-ring (bicyclic) bond motifs is 2. The molecule has 3 aromatic heterocycles. The van der Waals surface area contributed by atoms with Crippen LogP contribution in [0, 0.1) is 18.6 Å². The number of hydrogen-bond donors (Lipinski definition) is 2. The normalized spacial score (nSPS) is 16.0. The van der Waals surface area contributed by atoms with Crippen LogP contribution in [0.5, 0.6) is 0 Å². The van der Waals surface area contributed by atoms with Gasteiger partial charge in [-0.1, -0.05) is 12.1 Å². The van der Waals surface area contributed by atoms with E-state index in [-0.39, 0.29) is 17.5 Å². The molecular formula is C26H23F2N7OS. The Labute approximate surface area is 214 Å². The van der Waals surface area contributed by atoms with E-state index in [0.29, 0.717) is 54.3 Å². The maximum absolute atomic E-state index is 14.1. The fourth-order valence-electron chi connectivity index (χ4n) is 4.52. The van der Waals surface area contributed by atoms with Crippen molar-refractivity contribution in [1.82, 2.24) is 30.4 Å². The van der Waals surface area contributed by atoms with E-state index >= 15 is 0 Å². The number of carbonyl (C=O) groups is 1. The summed E-state index contributed by atoms with van der Waals surface area (Å²) >= 11 is 1.36. The third kappa shape index (κ3) is 4.51. The van der Waals surface area contributed by atoms with Gasteiger partial charge in [0.1, 0.15) is 29.8 Å². The number of anilines is 1. The monoisotopic (exact) mass is 519 g/mol. The van der Waals surface area contributed by atoms with E-state index in [0.717, 1.165) is 15.6 Å². The SMILES string of the molecule is Cc1ccc(-n2cc3c(N4CCN[C@H](C(=O)NCc5ccc6scc(F)c6c5)C4)ncnc3n2)cc1F. The van der Waals surface area contributed by atoms with Crippen LogP contribution >= 0.6 is 11.3 Å². The Bertz CT molecular complexity index is 1630. The zero-order valence-corrected chi connectivity index (χ0v) is 20.7. The maximum atomic E-state index is 14.1. The van der Waals surface area contributed by atoms with Crippen LogP contribution in [0.2, 0.25) is 0 Å². The van der Waals surface area contributed by atoms with Gasteiger partial charge in [0.25, 0.3) is 0 Å². The zero-order valence-electron chi connectivity index (χ0n) is 19.9. The van der Waals surface area contributed by atoms with E-state index in [1.54, 1.807) is 36.0 Å². The Hall–Kier alpha value is -3.96. The highest BCUT2D eigenvalue weighted by Gasteiger charge is 2.27. The molecule has 1 amide bonds. The Morgan fingerprint density at radius 2 is 2.05 bits per heavy atom. The first-order valence-electron chi connectivity index (χ1n) is 11.8. The second kappa shape index (κ2) is 9.49. The number of aryl methyl sites for hydroxylation is 1. The highest BCUT2D eigenvalue weighted by Crippen LogP contribution is 2.26. The van der Waals surface area contributed by atoms with Crippen LogP contribution in [-0.4, -0.2) is 51.3 Å². The lowest BCUT2D eigenvalue weighted by atomic mass is 10.1. The lowest BCUT2D eigenvalue weighted by Gasteiger charge is -2.33. The van der Waals surface area contributed by atoms with E-state index in [2.05, 4.69) is 25.7 Å². The average Bonchev–Trinajstić information content (AvgIpc) is 3.52. The minimum Gasteiger partial charge on any atom is -0.353 e. The summed E-state index contributed by atoms with van der Waals surface area (Å²) in [5.41, 5.74) is 2.47.